The largest absolute Gasteiger partial charge is 0.395 e. The zero-order valence-corrected chi connectivity index (χ0v) is 11.4. The predicted molar refractivity (Wildman–Crippen MR) is 79.5 cm³/mol. The van der Waals surface area contributed by atoms with Crippen molar-refractivity contribution < 1.29 is 0 Å². The van der Waals surface area contributed by atoms with Gasteiger partial charge in [-0.3, -0.25) is 0 Å². The maximum atomic E-state index is 5.85. The first-order valence-electron chi connectivity index (χ1n) is 5.67. The summed E-state index contributed by atoms with van der Waals surface area (Å²) in [6.45, 7) is 0. The van der Waals surface area contributed by atoms with Crippen molar-refractivity contribution in [2.24, 2.45) is 0 Å². The van der Waals surface area contributed by atoms with Gasteiger partial charge < -0.3 is 5.73 Å². The van der Waals surface area contributed by atoms with Gasteiger partial charge in [0.25, 0.3) is 0 Å². The van der Waals surface area contributed by atoms with Crippen LogP contribution in [0.15, 0.2) is 58.6 Å². The summed E-state index contributed by atoms with van der Waals surface area (Å²) in [7, 11) is 0. The summed E-state index contributed by atoms with van der Waals surface area (Å²) in [5, 5.41) is 3.28. The van der Waals surface area contributed by atoms with Crippen molar-refractivity contribution in [1.82, 2.24) is 9.97 Å². The Morgan fingerprint density at radius 3 is 2.68 bits per heavy atom. The first-order chi connectivity index (χ1) is 9.22. The van der Waals surface area contributed by atoms with E-state index in [2.05, 4.69) is 34.2 Å². The quantitative estimate of drug-likeness (QED) is 0.571. The fourth-order valence-corrected chi connectivity index (χ4v) is 2.81. The topological polar surface area (TPSA) is 51.8 Å². The molecule has 94 valence electrons. The van der Waals surface area contributed by atoms with Gasteiger partial charge in [-0.05, 0) is 34.5 Å². The minimum Gasteiger partial charge on any atom is -0.395 e. The van der Waals surface area contributed by atoms with Gasteiger partial charge in [-0.1, -0.05) is 42.1 Å². The molecule has 3 nitrogen and oxygen atoms in total. The Morgan fingerprint density at radius 2 is 1.84 bits per heavy atom. The smallest absolute Gasteiger partial charge is 0.223 e. The summed E-state index contributed by atoms with van der Waals surface area (Å²) in [6.07, 6.45) is 1.53. The van der Waals surface area contributed by atoms with Crippen LogP contribution in [0.4, 0.5) is 5.69 Å². The molecule has 1 aromatic heterocycles. The molecule has 0 aliphatic heterocycles. The minimum atomic E-state index is 0.206. The van der Waals surface area contributed by atoms with E-state index in [9.17, 15) is 0 Å². The molecule has 19 heavy (non-hydrogen) atoms. The Bertz CT molecular complexity index is 746. The van der Waals surface area contributed by atoms with Crippen molar-refractivity contribution in [3.8, 4) is 0 Å². The molecule has 0 saturated heterocycles. The van der Waals surface area contributed by atoms with Crippen LogP contribution in [0.5, 0.6) is 0 Å². The number of hydrogen-bond acceptors (Lipinski definition) is 4. The van der Waals surface area contributed by atoms with Gasteiger partial charge in [-0.2, -0.15) is 0 Å². The Kier molecular flexibility index (Phi) is 3.27. The Morgan fingerprint density at radius 1 is 1.05 bits per heavy atom. The second kappa shape index (κ2) is 5.07. The number of hydrogen-bond donors (Lipinski definition) is 1. The normalized spacial score (nSPS) is 10.8. The van der Waals surface area contributed by atoms with E-state index < -0.39 is 0 Å². The summed E-state index contributed by atoms with van der Waals surface area (Å²) in [4.78, 5) is 9.06. The van der Waals surface area contributed by atoms with Crippen LogP contribution in [-0.4, -0.2) is 9.97 Å². The highest BCUT2D eigenvalue weighted by molar-refractivity contribution is 7.99. The van der Waals surface area contributed by atoms with Gasteiger partial charge in [0.15, 0.2) is 0 Å². The monoisotopic (exact) mass is 287 g/mol. The molecule has 0 bridgehead atoms. The summed E-state index contributed by atoms with van der Waals surface area (Å²) in [5.74, 6) is 0. The first-order valence-corrected chi connectivity index (χ1v) is 6.86. The van der Waals surface area contributed by atoms with Gasteiger partial charge in [0.1, 0.15) is 5.03 Å². The number of benzene rings is 2. The Balaban J connectivity index is 1.98. The number of anilines is 1. The molecule has 0 aliphatic rings. The zero-order chi connectivity index (χ0) is 13.2. The molecule has 1 heterocycles. The highest BCUT2D eigenvalue weighted by Gasteiger charge is 2.06. The van der Waals surface area contributed by atoms with Crippen LogP contribution in [-0.2, 0) is 0 Å². The fraction of sp³-hybridized carbons (Fsp3) is 0. The number of rotatable bonds is 2. The van der Waals surface area contributed by atoms with Crippen LogP contribution in [0.3, 0.4) is 0 Å². The van der Waals surface area contributed by atoms with Crippen LogP contribution in [0.1, 0.15) is 0 Å². The summed E-state index contributed by atoms with van der Waals surface area (Å²) >= 11 is 7.27. The van der Waals surface area contributed by atoms with Crippen molar-refractivity contribution in [2.75, 3.05) is 5.73 Å². The highest BCUT2D eigenvalue weighted by atomic mass is 35.5. The average molecular weight is 288 g/mol. The molecule has 0 amide bonds. The molecule has 2 aromatic carbocycles. The lowest BCUT2D eigenvalue weighted by atomic mass is 10.1. The average Bonchev–Trinajstić information content (AvgIpc) is 2.43. The van der Waals surface area contributed by atoms with Gasteiger partial charge in [0.2, 0.25) is 5.28 Å². The van der Waals surface area contributed by atoms with E-state index in [1.54, 1.807) is 0 Å². The van der Waals surface area contributed by atoms with Gasteiger partial charge in [-0.25, -0.2) is 9.97 Å². The molecule has 0 unspecified atom stereocenters. The van der Waals surface area contributed by atoms with Crippen LogP contribution in [0.2, 0.25) is 5.28 Å². The van der Waals surface area contributed by atoms with Crippen molar-refractivity contribution >= 4 is 39.8 Å². The van der Waals surface area contributed by atoms with E-state index in [-0.39, 0.29) is 5.28 Å². The summed E-state index contributed by atoms with van der Waals surface area (Å²) in [5.41, 5.74) is 6.38. The molecule has 3 aromatic rings. The van der Waals surface area contributed by atoms with E-state index in [1.807, 2.05) is 18.2 Å². The van der Waals surface area contributed by atoms with Crippen LogP contribution < -0.4 is 5.73 Å². The minimum absolute atomic E-state index is 0.206. The molecular formula is C14H10ClN3S. The van der Waals surface area contributed by atoms with Crippen LogP contribution in [0, 0.1) is 0 Å². The van der Waals surface area contributed by atoms with E-state index in [1.165, 1.54) is 28.7 Å². The van der Waals surface area contributed by atoms with Crippen molar-refractivity contribution in [1.29, 1.82) is 0 Å². The molecule has 0 saturated carbocycles. The van der Waals surface area contributed by atoms with Crippen molar-refractivity contribution in [3.05, 3.63) is 53.9 Å². The van der Waals surface area contributed by atoms with E-state index >= 15 is 0 Å². The lowest BCUT2D eigenvalue weighted by molar-refractivity contribution is 1.06. The summed E-state index contributed by atoms with van der Waals surface area (Å²) in [6, 6.07) is 14.4. The number of fused-ring (bicyclic) bond motifs is 1. The molecule has 3 rings (SSSR count). The van der Waals surface area contributed by atoms with Gasteiger partial charge >= 0.3 is 0 Å². The summed E-state index contributed by atoms with van der Waals surface area (Å²) < 4.78 is 0. The number of halogens is 1. The SMILES string of the molecule is Nc1cnc(Cl)nc1Sc1ccc2ccccc2c1. The lowest BCUT2D eigenvalue weighted by Crippen LogP contribution is -1.94. The molecule has 0 radical (unpaired) electrons. The molecule has 5 heteroatoms. The van der Waals surface area contributed by atoms with E-state index in [0.717, 1.165) is 4.90 Å². The standard InChI is InChI=1S/C14H10ClN3S/c15-14-17-8-12(16)13(18-14)19-11-6-5-9-3-1-2-4-10(9)7-11/h1-8H,16H2. The maximum Gasteiger partial charge on any atom is 0.223 e. The van der Waals surface area contributed by atoms with E-state index in [0.29, 0.717) is 10.7 Å². The molecule has 2 N–H and O–H groups in total. The molecule has 0 aliphatic carbocycles. The fourth-order valence-electron chi connectivity index (χ4n) is 1.78. The number of nitrogen functional groups attached to an aromatic ring is 1. The first kappa shape index (κ1) is 12.3. The van der Waals surface area contributed by atoms with Gasteiger partial charge in [-0.15, -0.1) is 0 Å². The van der Waals surface area contributed by atoms with Gasteiger partial charge in [0, 0.05) is 4.90 Å². The molecular weight excluding hydrogens is 278 g/mol. The number of nitrogens with zero attached hydrogens (tertiary/aromatic N) is 2. The predicted octanol–water partition coefficient (Wildman–Crippen LogP) is 4.02. The second-order valence-electron chi connectivity index (χ2n) is 4.01. The zero-order valence-electron chi connectivity index (χ0n) is 9.88. The molecule has 0 spiro atoms. The number of aromatic nitrogens is 2. The van der Waals surface area contributed by atoms with Crippen molar-refractivity contribution in [3.63, 3.8) is 0 Å². The van der Waals surface area contributed by atoms with Crippen molar-refractivity contribution in [2.45, 2.75) is 9.92 Å². The highest BCUT2D eigenvalue weighted by Crippen LogP contribution is 2.32. The third-order valence-electron chi connectivity index (χ3n) is 2.69. The van der Waals surface area contributed by atoms with Crippen LogP contribution >= 0.6 is 23.4 Å². The lowest BCUT2D eigenvalue weighted by Gasteiger charge is -2.05. The van der Waals surface area contributed by atoms with Crippen LogP contribution in [0.25, 0.3) is 10.8 Å². The molecule has 0 fully saturated rings. The Labute approximate surface area is 119 Å². The maximum absolute atomic E-state index is 5.85. The second-order valence-corrected chi connectivity index (χ2v) is 5.41. The number of nitrogens with two attached hydrogens (primary N) is 1. The van der Waals surface area contributed by atoms with E-state index in [4.69, 9.17) is 17.3 Å². The third-order valence-corrected chi connectivity index (χ3v) is 3.88. The third kappa shape index (κ3) is 2.64. The molecule has 0 atom stereocenters. The Hall–Kier alpha value is -1.78. The van der Waals surface area contributed by atoms with Gasteiger partial charge in [0.05, 0.1) is 11.9 Å².